The maximum absolute atomic E-state index is 12.7. The number of urea groups is 1. The molecule has 2 aromatic carbocycles. The van der Waals surface area contributed by atoms with Crippen LogP contribution in [-0.2, 0) is 22.4 Å². The molecule has 2 aliphatic rings. The van der Waals surface area contributed by atoms with Crippen LogP contribution in [0.3, 0.4) is 0 Å². The van der Waals surface area contributed by atoms with Gasteiger partial charge < -0.3 is 15.0 Å². The van der Waals surface area contributed by atoms with E-state index in [-0.39, 0.29) is 17.0 Å². The summed E-state index contributed by atoms with van der Waals surface area (Å²) < 4.78 is 6.18. The van der Waals surface area contributed by atoms with E-state index in [0.717, 1.165) is 18.5 Å². The van der Waals surface area contributed by atoms with Crippen LogP contribution in [0.5, 0.6) is 0 Å². The second-order valence-electron chi connectivity index (χ2n) is 8.68. The number of hydrogen-bond acceptors (Lipinski definition) is 2. The van der Waals surface area contributed by atoms with Gasteiger partial charge in [0.25, 0.3) is 0 Å². The SMILES string of the molecule is CC(C)(C)c1ccc(NC(=O)N2CCC3(CC2)OCc2ccccc23)cc1. The van der Waals surface area contributed by atoms with Gasteiger partial charge in [0.2, 0.25) is 0 Å². The zero-order valence-electron chi connectivity index (χ0n) is 16.4. The first kappa shape index (κ1) is 18.1. The van der Waals surface area contributed by atoms with Crippen LogP contribution < -0.4 is 5.32 Å². The number of hydrogen-bond donors (Lipinski definition) is 1. The minimum absolute atomic E-state index is 0.0281. The number of carbonyl (C=O) groups excluding carboxylic acids is 1. The predicted molar refractivity (Wildman–Crippen MR) is 108 cm³/mol. The van der Waals surface area contributed by atoms with E-state index in [4.69, 9.17) is 4.74 Å². The molecule has 2 heterocycles. The first-order chi connectivity index (χ1) is 12.9. The Hall–Kier alpha value is -2.33. The van der Waals surface area contributed by atoms with E-state index >= 15 is 0 Å². The van der Waals surface area contributed by atoms with Gasteiger partial charge in [0.05, 0.1) is 12.2 Å². The van der Waals surface area contributed by atoms with Crippen LogP contribution in [0.4, 0.5) is 10.5 Å². The van der Waals surface area contributed by atoms with Gasteiger partial charge in [-0.05, 0) is 47.1 Å². The summed E-state index contributed by atoms with van der Waals surface area (Å²) in [5.41, 5.74) is 4.61. The Morgan fingerprint density at radius 1 is 1.04 bits per heavy atom. The van der Waals surface area contributed by atoms with E-state index in [1.807, 2.05) is 17.0 Å². The normalized spacial score (nSPS) is 18.4. The molecule has 4 nitrogen and oxygen atoms in total. The zero-order valence-corrected chi connectivity index (χ0v) is 16.4. The largest absolute Gasteiger partial charge is 0.365 e. The summed E-state index contributed by atoms with van der Waals surface area (Å²) in [6.45, 7) is 8.66. The fourth-order valence-electron chi connectivity index (χ4n) is 4.13. The number of nitrogens with one attached hydrogen (secondary N) is 1. The minimum atomic E-state index is -0.207. The second-order valence-corrected chi connectivity index (χ2v) is 8.68. The predicted octanol–water partition coefficient (Wildman–Crippen LogP) is 5.04. The van der Waals surface area contributed by atoms with E-state index in [0.29, 0.717) is 19.7 Å². The lowest BCUT2D eigenvalue weighted by Crippen LogP contribution is -2.46. The molecule has 1 fully saturated rings. The number of nitrogens with zero attached hydrogens (tertiary/aromatic N) is 1. The maximum Gasteiger partial charge on any atom is 0.321 e. The quantitative estimate of drug-likeness (QED) is 0.770. The number of carbonyl (C=O) groups is 1. The van der Waals surface area contributed by atoms with Crippen molar-refractivity contribution in [3.05, 3.63) is 65.2 Å². The van der Waals surface area contributed by atoms with Crippen LogP contribution in [0.2, 0.25) is 0 Å². The highest BCUT2D eigenvalue weighted by Crippen LogP contribution is 2.44. The van der Waals surface area contributed by atoms with Crippen LogP contribution in [0.1, 0.15) is 50.3 Å². The molecule has 1 N–H and O–H groups in total. The Morgan fingerprint density at radius 2 is 1.70 bits per heavy atom. The first-order valence-electron chi connectivity index (χ1n) is 9.76. The minimum Gasteiger partial charge on any atom is -0.365 e. The number of piperidine rings is 1. The number of anilines is 1. The number of ether oxygens (including phenoxy) is 1. The van der Waals surface area contributed by atoms with Crippen molar-refractivity contribution in [1.82, 2.24) is 4.90 Å². The molecule has 4 heteroatoms. The molecule has 2 amide bonds. The number of amides is 2. The van der Waals surface area contributed by atoms with Crippen LogP contribution in [-0.4, -0.2) is 24.0 Å². The monoisotopic (exact) mass is 364 g/mol. The van der Waals surface area contributed by atoms with Crippen molar-refractivity contribution in [2.24, 2.45) is 0 Å². The van der Waals surface area contributed by atoms with Gasteiger partial charge in [-0.1, -0.05) is 57.2 Å². The molecule has 0 unspecified atom stereocenters. The lowest BCUT2D eigenvalue weighted by molar-refractivity contribution is -0.0722. The van der Waals surface area contributed by atoms with Gasteiger partial charge in [0.15, 0.2) is 0 Å². The van der Waals surface area contributed by atoms with Crippen molar-refractivity contribution in [3.63, 3.8) is 0 Å². The molecule has 0 atom stereocenters. The van der Waals surface area contributed by atoms with Crippen LogP contribution in [0.25, 0.3) is 0 Å². The molecule has 1 spiro atoms. The molecule has 0 aromatic heterocycles. The van der Waals surface area contributed by atoms with E-state index in [1.54, 1.807) is 0 Å². The molecule has 4 rings (SSSR count). The van der Waals surface area contributed by atoms with Crippen LogP contribution >= 0.6 is 0 Å². The smallest absolute Gasteiger partial charge is 0.321 e. The zero-order chi connectivity index (χ0) is 19.1. The van der Waals surface area contributed by atoms with Crippen LogP contribution in [0.15, 0.2) is 48.5 Å². The van der Waals surface area contributed by atoms with Gasteiger partial charge in [-0.15, -0.1) is 0 Å². The summed E-state index contributed by atoms with van der Waals surface area (Å²) >= 11 is 0. The standard InChI is InChI=1S/C23H28N2O2/c1-22(2,3)18-8-10-19(11-9-18)24-21(26)25-14-12-23(13-15-25)20-7-5-4-6-17(20)16-27-23/h4-11H,12-16H2,1-3H3,(H,24,26). The second kappa shape index (κ2) is 6.68. The van der Waals surface area contributed by atoms with Crippen molar-refractivity contribution < 1.29 is 9.53 Å². The van der Waals surface area contributed by atoms with Crippen molar-refractivity contribution in [2.75, 3.05) is 18.4 Å². The molecule has 142 valence electrons. The summed E-state index contributed by atoms with van der Waals surface area (Å²) in [5, 5.41) is 3.03. The van der Waals surface area contributed by atoms with Crippen molar-refractivity contribution >= 4 is 11.7 Å². The summed E-state index contributed by atoms with van der Waals surface area (Å²) in [4.78, 5) is 14.6. The van der Waals surface area contributed by atoms with Gasteiger partial charge >= 0.3 is 6.03 Å². The van der Waals surface area contributed by atoms with Crippen molar-refractivity contribution in [2.45, 2.75) is 51.2 Å². The Bertz CT molecular complexity index is 828. The number of rotatable bonds is 1. The summed E-state index contributed by atoms with van der Waals surface area (Å²) in [5.74, 6) is 0. The molecule has 2 aromatic rings. The van der Waals surface area contributed by atoms with Gasteiger partial charge in [0.1, 0.15) is 0 Å². The molecule has 27 heavy (non-hydrogen) atoms. The molecule has 0 aliphatic carbocycles. The molecule has 0 radical (unpaired) electrons. The number of benzene rings is 2. The third kappa shape index (κ3) is 3.46. The number of likely N-dealkylation sites (tertiary alicyclic amines) is 1. The van der Waals surface area contributed by atoms with Gasteiger partial charge in [0, 0.05) is 18.8 Å². The van der Waals surface area contributed by atoms with Crippen molar-refractivity contribution in [1.29, 1.82) is 0 Å². The molecule has 0 bridgehead atoms. The summed E-state index contributed by atoms with van der Waals surface area (Å²) in [7, 11) is 0. The third-order valence-corrected chi connectivity index (χ3v) is 5.87. The lowest BCUT2D eigenvalue weighted by Gasteiger charge is -2.39. The highest BCUT2D eigenvalue weighted by molar-refractivity contribution is 5.89. The molecular weight excluding hydrogens is 336 g/mol. The first-order valence-corrected chi connectivity index (χ1v) is 9.76. The Kier molecular flexibility index (Phi) is 4.47. The summed E-state index contributed by atoms with van der Waals surface area (Å²) in [6.07, 6.45) is 1.70. The number of fused-ring (bicyclic) bond motifs is 2. The fraction of sp³-hybridized carbons (Fsp3) is 0.435. The Morgan fingerprint density at radius 3 is 2.37 bits per heavy atom. The van der Waals surface area contributed by atoms with E-state index in [9.17, 15) is 4.79 Å². The lowest BCUT2D eigenvalue weighted by atomic mass is 9.84. The molecule has 0 saturated carbocycles. The van der Waals surface area contributed by atoms with E-state index in [2.05, 4.69) is 62.5 Å². The third-order valence-electron chi connectivity index (χ3n) is 5.87. The average Bonchev–Trinajstić information content (AvgIpc) is 3.01. The van der Waals surface area contributed by atoms with E-state index < -0.39 is 0 Å². The fourth-order valence-corrected chi connectivity index (χ4v) is 4.13. The van der Waals surface area contributed by atoms with Crippen molar-refractivity contribution in [3.8, 4) is 0 Å². The maximum atomic E-state index is 12.7. The Balaban J connectivity index is 1.38. The van der Waals surface area contributed by atoms with Gasteiger partial charge in [-0.25, -0.2) is 4.79 Å². The Labute approximate surface area is 161 Å². The highest BCUT2D eigenvalue weighted by atomic mass is 16.5. The topological polar surface area (TPSA) is 41.6 Å². The average molecular weight is 364 g/mol. The summed E-state index contributed by atoms with van der Waals surface area (Å²) in [6, 6.07) is 16.6. The van der Waals surface area contributed by atoms with Crippen LogP contribution in [0, 0.1) is 0 Å². The molecule has 2 aliphatic heterocycles. The molecular formula is C23H28N2O2. The van der Waals surface area contributed by atoms with E-state index in [1.165, 1.54) is 16.7 Å². The molecule has 1 saturated heterocycles. The van der Waals surface area contributed by atoms with Gasteiger partial charge in [-0.2, -0.15) is 0 Å². The highest BCUT2D eigenvalue weighted by Gasteiger charge is 2.43. The van der Waals surface area contributed by atoms with Gasteiger partial charge in [-0.3, -0.25) is 0 Å².